The Morgan fingerprint density at radius 1 is 0.885 bits per heavy atom. The topological polar surface area (TPSA) is 21.3 Å². The molecule has 3 aromatic rings. The van der Waals surface area contributed by atoms with Crippen LogP contribution in [0.3, 0.4) is 0 Å². The van der Waals surface area contributed by atoms with Crippen LogP contribution in [0.4, 0.5) is 4.39 Å². The average molecular weight is 365 g/mol. The van der Waals surface area contributed by atoms with E-state index >= 15 is 0 Å². The first-order chi connectivity index (χ1) is 12.7. The monoisotopic (exact) mass is 365 g/mol. The maximum absolute atomic E-state index is 12.9. The molecular formula is C22H20FNOS. The molecular weight excluding hydrogens is 345 g/mol. The van der Waals surface area contributed by atoms with Gasteiger partial charge in [0.25, 0.3) is 0 Å². The van der Waals surface area contributed by atoms with Gasteiger partial charge in [-0.05, 0) is 41.8 Å². The predicted molar refractivity (Wildman–Crippen MR) is 107 cm³/mol. The van der Waals surface area contributed by atoms with E-state index in [1.54, 1.807) is 12.1 Å². The molecule has 0 heterocycles. The number of nitrogens with one attached hydrogen (secondary N) is 1. The van der Waals surface area contributed by atoms with Crippen molar-refractivity contribution in [3.8, 4) is 5.75 Å². The van der Waals surface area contributed by atoms with E-state index in [4.69, 9.17) is 17.0 Å². The third-order valence-corrected chi connectivity index (χ3v) is 4.34. The maximum Gasteiger partial charge on any atom is 0.123 e. The van der Waals surface area contributed by atoms with Crippen LogP contribution in [0.5, 0.6) is 5.75 Å². The Labute approximate surface area is 158 Å². The van der Waals surface area contributed by atoms with Gasteiger partial charge in [0.05, 0.1) is 0 Å². The summed E-state index contributed by atoms with van der Waals surface area (Å²) in [7, 11) is 0. The van der Waals surface area contributed by atoms with Crippen LogP contribution in [-0.4, -0.2) is 11.5 Å². The molecule has 0 fully saturated rings. The molecule has 0 aromatic heterocycles. The second-order valence-corrected chi connectivity index (χ2v) is 6.34. The van der Waals surface area contributed by atoms with Crippen LogP contribution < -0.4 is 10.1 Å². The molecule has 0 aliphatic carbocycles. The minimum Gasteiger partial charge on any atom is -0.489 e. The van der Waals surface area contributed by atoms with Crippen molar-refractivity contribution >= 4 is 17.2 Å². The molecule has 0 aliphatic rings. The second kappa shape index (κ2) is 9.11. The number of thiocarbonyl (C=S) groups is 1. The van der Waals surface area contributed by atoms with Crippen molar-refractivity contribution in [3.05, 3.63) is 101 Å². The first-order valence-electron chi connectivity index (χ1n) is 8.50. The molecule has 0 aliphatic heterocycles. The number of hydrogen-bond acceptors (Lipinski definition) is 2. The van der Waals surface area contributed by atoms with Gasteiger partial charge in [-0.1, -0.05) is 66.8 Å². The molecule has 0 saturated carbocycles. The zero-order valence-corrected chi connectivity index (χ0v) is 15.1. The SMILES string of the molecule is Fc1ccc(COc2cccc(C(=S)NCCc3ccccc3)c2)cc1. The van der Waals surface area contributed by atoms with Crippen LogP contribution in [0, 0.1) is 5.82 Å². The van der Waals surface area contributed by atoms with Crippen LogP contribution in [0.15, 0.2) is 78.9 Å². The number of halogens is 1. The van der Waals surface area contributed by atoms with Crippen molar-refractivity contribution in [2.75, 3.05) is 6.54 Å². The van der Waals surface area contributed by atoms with Crippen molar-refractivity contribution < 1.29 is 9.13 Å². The van der Waals surface area contributed by atoms with Crippen LogP contribution in [-0.2, 0) is 13.0 Å². The second-order valence-electron chi connectivity index (χ2n) is 5.93. The van der Waals surface area contributed by atoms with E-state index in [0.717, 1.165) is 29.8 Å². The van der Waals surface area contributed by atoms with Crippen LogP contribution >= 0.6 is 12.2 Å². The molecule has 0 unspecified atom stereocenters. The Balaban J connectivity index is 1.52. The summed E-state index contributed by atoms with van der Waals surface area (Å²) in [6.45, 7) is 1.17. The molecule has 0 bridgehead atoms. The molecule has 26 heavy (non-hydrogen) atoms. The van der Waals surface area contributed by atoms with Gasteiger partial charge in [-0.2, -0.15) is 0 Å². The lowest BCUT2D eigenvalue weighted by Crippen LogP contribution is -2.24. The highest BCUT2D eigenvalue weighted by molar-refractivity contribution is 7.80. The van der Waals surface area contributed by atoms with Gasteiger partial charge in [0.1, 0.15) is 23.2 Å². The van der Waals surface area contributed by atoms with Gasteiger partial charge >= 0.3 is 0 Å². The molecule has 0 atom stereocenters. The lowest BCUT2D eigenvalue weighted by Gasteiger charge is -2.11. The highest BCUT2D eigenvalue weighted by Gasteiger charge is 2.04. The molecule has 2 nitrogen and oxygen atoms in total. The van der Waals surface area contributed by atoms with E-state index in [9.17, 15) is 4.39 Å². The van der Waals surface area contributed by atoms with E-state index in [0.29, 0.717) is 11.6 Å². The van der Waals surface area contributed by atoms with Crippen LogP contribution in [0.1, 0.15) is 16.7 Å². The standard InChI is InChI=1S/C22H20FNOS/c23-20-11-9-18(10-12-20)16-25-21-8-4-7-19(15-21)22(26)24-14-13-17-5-2-1-3-6-17/h1-12,15H,13-14,16H2,(H,24,26). The summed E-state index contributed by atoms with van der Waals surface area (Å²) in [5, 5.41) is 3.29. The molecule has 1 N–H and O–H groups in total. The van der Waals surface area contributed by atoms with Crippen molar-refractivity contribution in [2.24, 2.45) is 0 Å². The Bertz CT molecular complexity index is 850. The largest absolute Gasteiger partial charge is 0.489 e. The van der Waals surface area contributed by atoms with Crippen molar-refractivity contribution in [1.82, 2.24) is 5.32 Å². The van der Waals surface area contributed by atoms with Gasteiger partial charge in [-0.3, -0.25) is 0 Å². The molecule has 3 rings (SSSR count). The highest BCUT2D eigenvalue weighted by Crippen LogP contribution is 2.16. The first kappa shape index (κ1) is 18.1. The van der Waals surface area contributed by atoms with E-state index in [1.165, 1.54) is 17.7 Å². The smallest absolute Gasteiger partial charge is 0.123 e. The molecule has 0 amide bonds. The number of benzene rings is 3. The average Bonchev–Trinajstić information content (AvgIpc) is 2.68. The fourth-order valence-electron chi connectivity index (χ4n) is 2.54. The minimum atomic E-state index is -0.248. The maximum atomic E-state index is 12.9. The summed E-state index contributed by atoms with van der Waals surface area (Å²) >= 11 is 5.48. The number of hydrogen-bond donors (Lipinski definition) is 1. The van der Waals surface area contributed by atoms with Crippen LogP contribution in [0.2, 0.25) is 0 Å². The van der Waals surface area contributed by atoms with Crippen LogP contribution in [0.25, 0.3) is 0 Å². The molecule has 132 valence electrons. The van der Waals surface area contributed by atoms with E-state index < -0.39 is 0 Å². The number of ether oxygens (including phenoxy) is 1. The summed E-state index contributed by atoms with van der Waals surface area (Å²) in [5.41, 5.74) is 3.12. The van der Waals surface area contributed by atoms with Gasteiger partial charge in [0.15, 0.2) is 0 Å². The Hall–Kier alpha value is -2.72. The summed E-state index contributed by atoms with van der Waals surface area (Å²) in [6, 6.07) is 24.3. The van der Waals surface area contributed by atoms with E-state index in [-0.39, 0.29) is 5.82 Å². The fraction of sp³-hybridized carbons (Fsp3) is 0.136. The zero-order valence-electron chi connectivity index (χ0n) is 14.3. The minimum absolute atomic E-state index is 0.248. The van der Waals surface area contributed by atoms with Gasteiger partial charge in [0.2, 0.25) is 0 Å². The fourth-order valence-corrected chi connectivity index (χ4v) is 2.77. The summed E-state index contributed by atoms with van der Waals surface area (Å²) < 4.78 is 18.7. The summed E-state index contributed by atoms with van der Waals surface area (Å²) in [5.74, 6) is 0.488. The van der Waals surface area contributed by atoms with Gasteiger partial charge in [0, 0.05) is 12.1 Å². The highest BCUT2D eigenvalue weighted by atomic mass is 32.1. The Morgan fingerprint density at radius 2 is 1.65 bits per heavy atom. The lowest BCUT2D eigenvalue weighted by atomic mass is 10.1. The summed E-state index contributed by atoms with van der Waals surface area (Å²) in [6.07, 6.45) is 0.918. The molecule has 3 aromatic carbocycles. The predicted octanol–water partition coefficient (Wildman–Crippen LogP) is 4.91. The normalized spacial score (nSPS) is 10.3. The van der Waals surface area contributed by atoms with Gasteiger partial charge in [-0.25, -0.2) is 4.39 Å². The van der Waals surface area contributed by atoms with Crippen molar-refractivity contribution in [1.29, 1.82) is 0 Å². The van der Waals surface area contributed by atoms with Crippen molar-refractivity contribution in [3.63, 3.8) is 0 Å². The molecule has 0 spiro atoms. The zero-order chi connectivity index (χ0) is 18.2. The van der Waals surface area contributed by atoms with Crippen molar-refractivity contribution in [2.45, 2.75) is 13.0 Å². The lowest BCUT2D eigenvalue weighted by molar-refractivity contribution is 0.306. The Morgan fingerprint density at radius 3 is 2.42 bits per heavy atom. The van der Waals surface area contributed by atoms with E-state index in [1.807, 2.05) is 42.5 Å². The first-order valence-corrected chi connectivity index (χ1v) is 8.91. The Kier molecular flexibility index (Phi) is 6.34. The molecule has 0 radical (unpaired) electrons. The van der Waals surface area contributed by atoms with Gasteiger partial charge in [-0.15, -0.1) is 0 Å². The number of rotatable bonds is 7. The molecule has 0 saturated heterocycles. The molecule has 4 heteroatoms. The third kappa shape index (κ3) is 5.39. The summed E-state index contributed by atoms with van der Waals surface area (Å²) in [4.78, 5) is 0.702. The van der Waals surface area contributed by atoms with Gasteiger partial charge < -0.3 is 10.1 Å². The van der Waals surface area contributed by atoms with E-state index in [2.05, 4.69) is 17.4 Å². The quantitative estimate of drug-likeness (QED) is 0.601. The third-order valence-electron chi connectivity index (χ3n) is 3.96.